The molecule has 1 aromatic carbocycles. The summed E-state index contributed by atoms with van der Waals surface area (Å²) in [5.74, 6) is -0.381. The van der Waals surface area contributed by atoms with E-state index >= 15 is 0 Å². The van der Waals surface area contributed by atoms with Gasteiger partial charge in [0.25, 0.3) is 0 Å². The molecule has 0 aliphatic carbocycles. The average Bonchev–Trinajstić information content (AvgIpc) is 2.27. The van der Waals surface area contributed by atoms with Crippen LogP contribution in [0.25, 0.3) is 0 Å². The van der Waals surface area contributed by atoms with Crippen molar-refractivity contribution in [3.8, 4) is 0 Å². The number of ether oxygens (including phenoxy) is 1. The van der Waals surface area contributed by atoms with Crippen LogP contribution in [0.4, 0.5) is 0 Å². The molecule has 2 rings (SSSR count). The molecule has 3 heteroatoms. The smallest absolute Gasteiger partial charge is 0.314 e. The third-order valence-corrected chi connectivity index (χ3v) is 3.57. The minimum absolute atomic E-state index is 0.264. The number of carbonyl (C=O) groups excluding carboxylic acids is 2. The largest absolute Gasteiger partial charge is 0.393 e. The Balaban J connectivity index is 2.29. The SMILES string of the molecule is CC(C)c1ccc(C2(C)CC(=O)OC(=O)C2)cc1. The topological polar surface area (TPSA) is 43.4 Å². The number of rotatable bonds is 2. The van der Waals surface area contributed by atoms with E-state index < -0.39 is 17.4 Å². The molecule has 1 aliphatic heterocycles. The van der Waals surface area contributed by atoms with E-state index in [1.807, 2.05) is 19.1 Å². The zero-order chi connectivity index (χ0) is 13.3. The third kappa shape index (κ3) is 2.45. The normalized spacial score (nSPS) is 18.9. The molecule has 0 unspecified atom stereocenters. The Kier molecular flexibility index (Phi) is 3.24. The molecule has 18 heavy (non-hydrogen) atoms. The summed E-state index contributed by atoms with van der Waals surface area (Å²) in [4.78, 5) is 22.8. The van der Waals surface area contributed by atoms with Crippen molar-refractivity contribution in [2.24, 2.45) is 0 Å². The van der Waals surface area contributed by atoms with Crippen LogP contribution in [-0.2, 0) is 19.7 Å². The monoisotopic (exact) mass is 246 g/mol. The highest BCUT2D eigenvalue weighted by atomic mass is 16.6. The number of esters is 2. The first-order valence-corrected chi connectivity index (χ1v) is 6.25. The fourth-order valence-electron chi connectivity index (χ4n) is 2.37. The summed E-state index contributed by atoms with van der Waals surface area (Å²) in [5, 5.41) is 0. The standard InChI is InChI=1S/C15H18O3/c1-10(2)11-4-6-12(7-5-11)15(3)8-13(16)18-14(17)9-15/h4-7,10H,8-9H2,1-3H3. The van der Waals surface area contributed by atoms with Crippen molar-refractivity contribution in [3.63, 3.8) is 0 Å². The Bertz CT molecular complexity index is 455. The van der Waals surface area contributed by atoms with Gasteiger partial charge in [0, 0.05) is 5.41 Å². The van der Waals surface area contributed by atoms with Gasteiger partial charge in [0.1, 0.15) is 0 Å². The predicted octanol–water partition coefficient (Wildman–Crippen LogP) is 2.93. The van der Waals surface area contributed by atoms with Gasteiger partial charge in [0.15, 0.2) is 0 Å². The van der Waals surface area contributed by atoms with E-state index in [1.165, 1.54) is 5.56 Å². The Labute approximate surface area is 107 Å². The molecular formula is C15H18O3. The van der Waals surface area contributed by atoms with Crippen molar-refractivity contribution in [2.45, 2.75) is 44.9 Å². The number of carbonyl (C=O) groups is 2. The fourth-order valence-corrected chi connectivity index (χ4v) is 2.37. The summed E-state index contributed by atoms with van der Waals surface area (Å²) in [5.41, 5.74) is 1.85. The summed E-state index contributed by atoms with van der Waals surface area (Å²) in [6, 6.07) is 8.16. The number of benzene rings is 1. The van der Waals surface area contributed by atoms with Gasteiger partial charge in [-0.15, -0.1) is 0 Å². The van der Waals surface area contributed by atoms with Gasteiger partial charge in [-0.3, -0.25) is 9.59 Å². The van der Waals surface area contributed by atoms with Crippen LogP contribution < -0.4 is 0 Å². The van der Waals surface area contributed by atoms with E-state index in [0.29, 0.717) is 5.92 Å². The first kappa shape index (κ1) is 12.8. The van der Waals surface area contributed by atoms with E-state index in [1.54, 1.807) is 0 Å². The summed E-state index contributed by atoms with van der Waals surface area (Å²) in [6.07, 6.45) is 0.527. The zero-order valence-electron chi connectivity index (χ0n) is 11.0. The lowest BCUT2D eigenvalue weighted by molar-refractivity contribution is -0.166. The molecule has 0 N–H and O–H groups in total. The highest BCUT2D eigenvalue weighted by Crippen LogP contribution is 2.35. The van der Waals surface area contributed by atoms with Crippen LogP contribution >= 0.6 is 0 Å². The molecule has 1 fully saturated rings. The summed E-state index contributed by atoms with van der Waals surface area (Å²) in [7, 11) is 0. The van der Waals surface area contributed by atoms with Crippen LogP contribution in [0.15, 0.2) is 24.3 Å². The number of hydrogen-bond donors (Lipinski definition) is 0. The molecule has 0 amide bonds. The molecule has 0 bridgehead atoms. The lowest BCUT2D eigenvalue weighted by atomic mass is 9.75. The van der Waals surface area contributed by atoms with Crippen molar-refractivity contribution in [2.75, 3.05) is 0 Å². The van der Waals surface area contributed by atoms with Crippen molar-refractivity contribution < 1.29 is 14.3 Å². The molecule has 0 aromatic heterocycles. The van der Waals surface area contributed by atoms with Gasteiger partial charge in [0.05, 0.1) is 12.8 Å². The number of hydrogen-bond acceptors (Lipinski definition) is 3. The molecule has 0 radical (unpaired) electrons. The quantitative estimate of drug-likeness (QED) is 0.595. The second-order valence-corrected chi connectivity index (χ2v) is 5.54. The van der Waals surface area contributed by atoms with Crippen LogP contribution in [0.1, 0.15) is 50.7 Å². The lowest BCUT2D eigenvalue weighted by Crippen LogP contribution is -2.36. The summed E-state index contributed by atoms with van der Waals surface area (Å²) >= 11 is 0. The van der Waals surface area contributed by atoms with Gasteiger partial charge in [-0.25, -0.2) is 0 Å². The second-order valence-electron chi connectivity index (χ2n) is 5.54. The summed E-state index contributed by atoms with van der Waals surface area (Å²) < 4.78 is 4.59. The maximum Gasteiger partial charge on any atom is 0.314 e. The Morgan fingerprint density at radius 2 is 1.56 bits per heavy atom. The highest BCUT2D eigenvalue weighted by molar-refractivity contribution is 5.90. The fraction of sp³-hybridized carbons (Fsp3) is 0.467. The first-order valence-electron chi connectivity index (χ1n) is 6.25. The Morgan fingerprint density at radius 1 is 1.06 bits per heavy atom. The molecule has 1 aromatic rings. The Morgan fingerprint density at radius 3 is 2.00 bits per heavy atom. The minimum atomic E-state index is -0.429. The zero-order valence-corrected chi connectivity index (χ0v) is 11.0. The molecule has 1 aliphatic rings. The maximum atomic E-state index is 11.4. The van der Waals surface area contributed by atoms with Gasteiger partial charge in [0.2, 0.25) is 0 Å². The highest BCUT2D eigenvalue weighted by Gasteiger charge is 2.38. The lowest BCUT2D eigenvalue weighted by Gasteiger charge is -2.31. The van der Waals surface area contributed by atoms with E-state index in [9.17, 15) is 9.59 Å². The Hall–Kier alpha value is -1.64. The molecule has 0 atom stereocenters. The van der Waals surface area contributed by atoms with Crippen LogP contribution in [0, 0.1) is 0 Å². The van der Waals surface area contributed by atoms with Crippen molar-refractivity contribution >= 4 is 11.9 Å². The average molecular weight is 246 g/mol. The molecule has 0 saturated carbocycles. The van der Waals surface area contributed by atoms with Crippen molar-refractivity contribution in [3.05, 3.63) is 35.4 Å². The van der Waals surface area contributed by atoms with E-state index in [0.717, 1.165) is 5.56 Å². The van der Waals surface area contributed by atoms with Crippen LogP contribution in [0.3, 0.4) is 0 Å². The summed E-state index contributed by atoms with van der Waals surface area (Å²) in [6.45, 7) is 6.21. The van der Waals surface area contributed by atoms with Gasteiger partial charge in [-0.2, -0.15) is 0 Å². The van der Waals surface area contributed by atoms with E-state index in [-0.39, 0.29) is 12.8 Å². The molecule has 96 valence electrons. The van der Waals surface area contributed by atoms with E-state index in [2.05, 4.69) is 30.7 Å². The molecular weight excluding hydrogens is 228 g/mol. The third-order valence-electron chi connectivity index (χ3n) is 3.57. The predicted molar refractivity (Wildman–Crippen MR) is 68.2 cm³/mol. The van der Waals surface area contributed by atoms with Gasteiger partial charge >= 0.3 is 11.9 Å². The van der Waals surface area contributed by atoms with Crippen LogP contribution in [-0.4, -0.2) is 11.9 Å². The molecule has 0 spiro atoms. The van der Waals surface area contributed by atoms with Crippen molar-refractivity contribution in [1.29, 1.82) is 0 Å². The van der Waals surface area contributed by atoms with Gasteiger partial charge < -0.3 is 4.74 Å². The molecule has 3 nitrogen and oxygen atoms in total. The van der Waals surface area contributed by atoms with Crippen LogP contribution in [0.2, 0.25) is 0 Å². The molecule has 1 heterocycles. The number of cyclic esters (lactones) is 2. The van der Waals surface area contributed by atoms with Gasteiger partial charge in [-0.1, -0.05) is 45.0 Å². The van der Waals surface area contributed by atoms with E-state index in [4.69, 9.17) is 0 Å². The second kappa shape index (κ2) is 4.56. The molecule has 1 saturated heterocycles. The minimum Gasteiger partial charge on any atom is -0.393 e. The van der Waals surface area contributed by atoms with Gasteiger partial charge in [-0.05, 0) is 17.0 Å². The van der Waals surface area contributed by atoms with Crippen molar-refractivity contribution in [1.82, 2.24) is 0 Å². The van der Waals surface area contributed by atoms with Crippen LogP contribution in [0.5, 0.6) is 0 Å². The first-order chi connectivity index (χ1) is 8.40. The maximum absolute atomic E-state index is 11.4.